The molecule has 1 amide bonds. The van der Waals surface area contributed by atoms with Gasteiger partial charge in [0.1, 0.15) is 0 Å². The van der Waals surface area contributed by atoms with Crippen LogP contribution in [0.15, 0.2) is 0 Å². The van der Waals surface area contributed by atoms with Crippen molar-refractivity contribution in [3.8, 4) is 0 Å². The first-order valence-corrected chi connectivity index (χ1v) is 6.90. The highest BCUT2D eigenvalue weighted by molar-refractivity contribution is 5.76. The molecule has 2 N–H and O–H groups in total. The molecule has 2 heterocycles. The van der Waals surface area contributed by atoms with E-state index in [4.69, 9.17) is 4.74 Å². The molecule has 98 valence electrons. The van der Waals surface area contributed by atoms with Gasteiger partial charge in [0.2, 0.25) is 5.91 Å². The SMILES string of the molecule is O=C(CC1CCCNC1)NCC1CCOCC1. The summed E-state index contributed by atoms with van der Waals surface area (Å²) in [6.07, 6.45) is 5.27. The predicted molar refractivity (Wildman–Crippen MR) is 66.8 cm³/mol. The molecule has 2 aliphatic heterocycles. The third-order valence-electron chi connectivity index (χ3n) is 3.80. The van der Waals surface area contributed by atoms with Gasteiger partial charge in [-0.25, -0.2) is 0 Å². The minimum atomic E-state index is 0.227. The van der Waals surface area contributed by atoms with Crippen LogP contribution in [0.2, 0.25) is 0 Å². The summed E-state index contributed by atoms with van der Waals surface area (Å²) in [6, 6.07) is 0. The van der Waals surface area contributed by atoms with E-state index >= 15 is 0 Å². The molecular weight excluding hydrogens is 216 g/mol. The summed E-state index contributed by atoms with van der Waals surface area (Å²) in [5.41, 5.74) is 0. The lowest BCUT2D eigenvalue weighted by Crippen LogP contribution is -2.36. The van der Waals surface area contributed by atoms with E-state index < -0.39 is 0 Å². The highest BCUT2D eigenvalue weighted by Crippen LogP contribution is 2.15. The van der Waals surface area contributed by atoms with Gasteiger partial charge in [0.25, 0.3) is 0 Å². The summed E-state index contributed by atoms with van der Waals surface area (Å²) in [5.74, 6) is 1.39. The van der Waals surface area contributed by atoms with E-state index in [0.29, 0.717) is 18.3 Å². The number of rotatable bonds is 4. The minimum absolute atomic E-state index is 0.227. The van der Waals surface area contributed by atoms with Crippen LogP contribution in [-0.2, 0) is 9.53 Å². The van der Waals surface area contributed by atoms with E-state index in [1.54, 1.807) is 0 Å². The number of hydrogen-bond donors (Lipinski definition) is 2. The van der Waals surface area contributed by atoms with Crippen LogP contribution >= 0.6 is 0 Å². The largest absolute Gasteiger partial charge is 0.381 e. The first kappa shape index (κ1) is 12.8. The maximum atomic E-state index is 11.8. The molecule has 0 spiro atoms. The number of carbonyl (C=O) groups excluding carboxylic acids is 1. The normalized spacial score (nSPS) is 26.7. The summed E-state index contributed by atoms with van der Waals surface area (Å²) in [4.78, 5) is 11.8. The fourth-order valence-electron chi connectivity index (χ4n) is 2.64. The second-order valence-corrected chi connectivity index (χ2v) is 5.28. The summed E-state index contributed by atoms with van der Waals surface area (Å²) in [6.45, 7) is 4.66. The Morgan fingerprint density at radius 1 is 1.24 bits per heavy atom. The Kier molecular flexibility index (Phi) is 5.26. The lowest BCUT2D eigenvalue weighted by atomic mass is 9.95. The maximum Gasteiger partial charge on any atom is 0.220 e. The van der Waals surface area contributed by atoms with Crippen molar-refractivity contribution in [1.29, 1.82) is 0 Å². The monoisotopic (exact) mass is 240 g/mol. The summed E-state index contributed by atoms with van der Waals surface area (Å²) in [7, 11) is 0. The van der Waals surface area contributed by atoms with E-state index in [1.165, 1.54) is 12.8 Å². The zero-order chi connectivity index (χ0) is 11.9. The van der Waals surface area contributed by atoms with Gasteiger partial charge < -0.3 is 15.4 Å². The third kappa shape index (κ3) is 4.64. The van der Waals surface area contributed by atoms with Gasteiger partial charge in [-0.2, -0.15) is 0 Å². The Morgan fingerprint density at radius 2 is 2.06 bits per heavy atom. The van der Waals surface area contributed by atoms with E-state index in [9.17, 15) is 4.79 Å². The molecule has 17 heavy (non-hydrogen) atoms. The third-order valence-corrected chi connectivity index (χ3v) is 3.80. The van der Waals surface area contributed by atoms with Crippen molar-refractivity contribution < 1.29 is 9.53 Å². The molecule has 0 aromatic carbocycles. The van der Waals surface area contributed by atoms with E-state index in [-0.39, 0.29) is 5.91 Å². The Morgan fingerprint density at radius 3 is 2.76 bits per heavy atom. The average Bonchev–Trinajstić information content (AvgIpc) is 2.39. The number of carbonyl (C=O) groups is 1. The smallest absolute Gasteiger partial charge is 0.220 e. The molecule has 4 nitrogen and oxygen atoms in total. The van der Waals surface area contributed by atoms with Crippen LogP contribution in [0, 0.1) is 11.8 Å². The van der Waals surface area contributed by atoms with Gasteiger partial charge in [-0.15, -0.1) is 0 Å². The molecule has 4 heteroatoms. The second kappa shape index (κ2) is 6.97. The Hall–Kier alpha value is -0.610. The summed E-state index contributed by atoms with van der Waals surface area (Å²) in [5, 5.41) is 6.43. The van der Waals surface area contributed by atoms with Crippen LogP contribution in [0.5, 0.6) is 0 Å². The fourth-order valence-corrected chi connectivity index (χ4v) is 2.64. The first-order chi connectivity index (χ1) is 8.34. The maximum absolute atomic E-state index is 11.8. The van der Waals surface area contributed by atoms with Crippen molar-refractivity contribution in [3.63, 3.8) is 0 Å². The quantitative estimate of drug-likeness (QED) is 0.768. The Labute approximate surface area is 103 Å². The Bertz CT molecular complexity index is 234. The highest BCUT2D eigenvalue weighted by Gasteiger charge is 2.18. The van der Waals surface area contributed by atoms with Gasteiger partial charge in [-0.1, -0.05) is 0 Å². The second-order valence-electron chi connectivity index (χ2n) is 5.28. The molecule has 0 aromatic heterocycles. The topological polar surface area (TPSA) is 50.4 Å². The molecule has 2 aliphatic rings. The van der Waals surface area contributed by atoms with Gasteiger partial charge in [0.05, 0.1) is 0 Å². The molecule has 2 fully saturated rings. The molecule has 0 radical (unpaired) electrons. The summed E-state index contributed by atoms with van der Waals surface area (Å²) < 4.78 is 5.31. The van der Waals surface area contributed by atoms with Crippen molar-refractivity contribution in [2.75, 3.05) is 32.8 Å². The zero-order valence-corrected chi connectivity index (χ0v) is 10.5. The van der Waals surface area contributed by atoms with Crippen LogP contribution < -0.4 is 10.6 Å². The lowest BCUT2D eigenvalue weighted by Gasteiger charge is -2.24. The van der Waals surface area contributed by atoms with Crippen LogP contribution in [0.3, 0.4) is 0 Å². The molecule has 0 aliphatic carbocycles. The van der Waals surface area contributed by atoms with E-state index in [2.05, 4.69) is 10.6 Å². The van der Waals surface area contributed by atoms with Gasteiger partial charge in [0.15, 0.2) is 0 Å². The highest BCUT2D eigenvalue weighted by atomic mass is 16.5. The van der Waals surface area contributed by atoms with Crippen LogP contribution in [0.4, 0.5) is 0 Å². The molecular formula is C13H24N2O2. The minimum Gasteiger partial charge on any atom is -0.381 e. The van der Waals surface area contributed by atoms with Gasteiger partial charge in [0, 0.05) is 26.2 Å². The molecule has 0 bridgehead atoms. The zero-order valence-electron chi connectivity index (χ0n) is 10.5. The lowest BCUT2D eigenvalue weighted by molar-refractivity contribution is -0.122. The number of amides is 1. The average molecular weight is 240 g/mol. The molecule has 1 atom stereocenters. The van der Waals surface area contributed by atoms with Crippen molar-refractivity contribution in [2.24, 2.45) is 11.8 Å². The molecule has 0 saturated carbocycles. The fraction of sp³-hybridized carbons (Fsp3) is 0.923. The van der Waals surface area contributed by atoms with Crippen molar-refractivity contribution >= 4 is 5.91 Å². The first-order valence-electron chi connectivity index (χ1n) is 6.90. The molecule has 1 unspecified atom stereocenters. The van der Waals surface area contributed by atoms with Crippen molar-refractivity contribution in [1.82, 2.24) is 10.6 Å². The Balaban J connectivity index is 1.59. The summed E-state index contributed by atoms with van der Waals surface area (Å²) >= 11 is 0. The van der Waals surface area contributed by atoms with Crippen LogP contribution in [0.1, 0.15) is 32.1 Å². The van der Waals surface area contributed by atoms with E-state index in [1.807, 2.05) is 0 Å². The molecule has 2 saturated heterocycles. The van der Waals surface area contributed by atoms with E-state index in [0.717, 1.165) is 45.7 Å². The van der Waals surface area contributed by atoms with Gasteiger partial charge in [-0.3, -0.25) is 4.79 Å². The standard InChI is InChI=1S/C13H24N2O2/c16-13(8-12-2-1-5-14-9-12)15-10-11-3-6-17-7-4-11/h11-12,14H,1-10H2,(H,15,16). The molecule has 0 aromatic rings. The van der Waals surface area contributed by atoms with Crippen LogP contribution in [-0.4, -0.2) is 38.8 Å². The predicted octanol–water partition coefficient (Wildman–Crippen LogP) is 0.919. The van der Waals surface area contributed by atoms with Gasteiger partial charge in [-0.05, 0) is 50.6 Å². The number of ether oxygens (including phenoxy) is 1. The number of nitrogens with one attached hydrogen (secondary N) is 2. The van der Waals surface area contributed by atoms with Gasteiger partial charge >= 0.3 is 0 Å². The number of piperidine rings is 1. The number of hydrogen-bond acceptors (Lipinski definition) is 3. The molecule has 2 rings (SSSR count). The van der Waals surface area contributed by atoms with Crippen molar-refractivity contribution in [3.05, 3.63) is 0 Å². The van der Waals surface area contributed by atoms with Crippen LogP contribution in [0.25, 0.3) is 0 Å². The van der Waals surface area contributed by atoms with Crippen molar-refractivity contribution in [2.45, 2.75) is 32.1 Å².